The summed E-state index contributed by atoms with van der Waals surface area (Å²) in [5.74, 6) is 0.612. The largest absolute Gasteiger partial charge is 0.437 e. The molecule has 1 amide bonds. The van der Waals surface area contributed by atoms with Crippen LogP contribution in [0.3, 0.4) is 0 Å². The number of anilines is 1. The number of rotatable bonds is 11. The number of carbonyl (C=O) groups excluding carboxylic acids is 1. The highest BCUT2D eigenvalue weighted by atomic mass is 32.2. The normalized spacial score (nSPS) is 11.6. The zero-order valence-electron chi connectivity index (χ0n) is 21.5. The number of sulfonamides is 1. The number of benzene rings is 2. The summed E-state index contributed by atoms with van der Waals surface area (Å²) in [6.45, 7) is 2.18. The van der Waals surface area contributed by atoms with Gasteiger partial charge in [-0.25, -0.2) is 12.8 Å². The second-order valence-electron chi connectivity index (χ2n) is 8.77. The molecule has 2 heterocycles. The minimum Gasteiger partial charge on any atom is -0.437 e. The lowest BCUT2D eigenvalue weighted by Crippen LogP contribution is -2.32. The Hall–Kier alpha value is -3.37. The van der Waals surface area contributed by atoms with E-state index in [2.05, 4.69) is 22.4 Å². The van der Waals surface area contributed by atoms with Gasteiger partial charge in [0.1, 0.15) is 17.4 Å². The molecule has 10 heteroatoms. The molecule has 38 heavy (non-hydrogen) atoms. The van der Waals surface area contributed by atoms with Crippen LogP contribution in [0, 0.1) is 5.82 Å². The van der Waals surface area contributed by atoms with Crippen LogP contribution in [0.25, 0.3) is 22.4 Å². The van der Waals surface area contributed by atoms with Crippen LogP contribution in [-0.2, 0) is 16.4 Å². The van der Waals surface area contributed by atoms with E-state index in [1.165, 1.54) is 46.8 Å². The SMILES string of the molecule is CCc1cc2c(C(=O)NC)c(-c3ccc(F)cc3)oc2nc1N(CCCCSc1ccccc1)S(C)(=O)=O. The van der Waals surface area contributed by atoms with Gasteiger partial charge in [0.05, 0.1) is 17.2 Å². The molecule has 0 radical (unpaired) electrons. The third-order valence-corrected chi connectivity index (χ3v) is 8.34. The molecule has 2 aromatic carbocycles. The highest BCUT2D eigenvalue weighted by Crippen LogP contribution is 2.36. The standard InChI is InChI=1S/C28H30FN3O4S2/c1-4-19-18-23-24(27(33)30-2)25(20-12-14-21(29)15-13-20)36-28(23)31-26(19)32(38(3,34)35)16-8-9-17-37-22-10-6-5-7-11-22/h5-7,10-15,18H,4,8-9,16-17H2,1-3H3,(H,30,33). The molecule has 4 aromatic rings. The van der Waals surface area contributed by atoms with Gasteiger partial charge in [0.2, 0.25) is 15.7 Å². The van der Waals surface area contributed by atoms with Crippen molar-refractivity contribution in [1.29, 1.82) is 0 Å². The molecule has 7 nitrogen and oxygen atoms in total. The first-order valence-corrected chi connectivity index (χ1v) is 15.2. The Morgan fingerprint density at radius 3 is 2.45 bits per heavy atom. The van der Waals surface area contributed by atoms with Gasteiger partial charge in [0, 0.05) is 24.1 Å². The molecular weight excluding hydrogens is 525 g/mol. The summed E-state index contributed by atoms with van der Waals surface area (Å²) in [6, 6.07) is 17.5. The van der Waals surface area contributed by atoms with Gasteiger partial charge in [-0.05, 0) is 73.0 Å². The Balaban J connectivity index is 1.68. The second-order valence-corrected chi connectivity index (χ2v) is 11.8. The molecule has 0 bridgehead atoms. The summed E-state index contributed by atoms with van der Waals surface area (Å²) in [7, 11) is -2.12. The Bertz CT molecular complexity index is 1520. The van der Waals surface area contributed by atoms with Crippen molar-refractivity contribution in [3.05, 3.63) is 77.6 Å². The topological polar surface area (TPSA) is 92.5 Å². The predicted molar refractivity (Wildman–Crippen MR) is 151 cm³/mol. The van der Waals surface area contributed by atoms with Gasteiger partial charge in [-0.3, -0.25) is 9.10 Å². The maximum absolute atomic E-state index is 13.5. The van der Waals surface area contributed by atoms with Crippen LogP contribution >= 0.6 is 11.8 Å². The number of amides is 1. The quantitative estimate of drug-likeness (QED) is 0.183. The monoisotopic (exact) mass is 555 g/mol. The first kappa shape index (κ1) is 27.7. The van der Waals surface area contributed by atoms with Crippen LogP contribution in [0.2, 0.25) is 0 Å². The van der Waals surface area contributed by atoms with E-state index in [1.807, 2.05) is 25.1 Å². The van der Waals surface area contributed by atoms with E-state index in [-0.39, 0.29) is 29.5 Å². The Labute approximate surface area is 226 Å². The fourth-order valence-corrected chi connectivity index (χ4v) is 6.05. The van der Waals surface area contributed by atoms with Gasteiger partial charge < -0.3 is 9.73 Å². The van der Waals surface area contributed by atoms with Gasteiger partial charge in [-0.1, -0.05) is 25.1 Å². The van der Waals surface area contributed by atoms with Crippen LogP contribution in [0.4, 0.5) is 10.2 Å². The number of thioether (sulfide) groups is 1. The van der Waals surface area contributed by atoms with Gasteiger partial charge in [-0.2, -0.15) is 4.98 Å². The number of nitrogens with one attached hydrogen (secondary N) is 1. The van der Waals surface area contributed by atoms with E-state index in [9.17, 15) is 17.6 Å². The third-order valence-electron chi connectivity index (χ3n) is 6.08. The summed E-state index contributed by atoms with van der Waals surface area (Å²) in [4.78, 5) is 18.6. The lowest BCUT2D eigenvalue weighted by atomic mass is 10.0. The average molecular weight is 556 g/mol. The molecule has 4 rings (SSSR count). The number of furan rings is 1. The lowest BCUT2D eigenvalue weighted by Gasteiger charge is -2.23. The minimum absolute atomic E-state index is 0.142. The number of aromatic nitrogens is 1. The van der Waals surface area contributed by atoms with Crippen molar-refractivity contribution in [2.45, 2.75) is 31.1 Å². The molecule has 0 saturated carbocycles. The first-order chi connectivity index (χ1) is 18.2. The summed E-state index contributed by atoms with van der Waals surface area (Å²) < 4.78 is 46.6. The van der Waals surface area contributed by atoms with Crippen molar-refractivity contribution in [2.24, 2.45) is 0 Å². The fourth-order valence-electron chi connectivity index (χ4n) is 4.18. The van der Waals surface area contributed by atoms with Crippen molar-refractivity contribution in [1.82, 2.24) is 10.3 Å². The van der Waals surface area contributed by atoms with Crippen LogP contribution in [0.15, 0.2) is 70.0 Å². The molecule has 0 saturated heterocycles. The van der Waals surface area contributed by atoms with E-state index in [4.69, 9.17) is 4.42 Å². The molecule has 1 N–H and O–H groups in total. The van der Waals surface area contributed by atoms with Crippen LogP contribution in [0.5, 0.6) is 0 Å². The van der Waals surface area contributed by atoms with Gasteiger partial charge >= 0.3 is 0 Å². The Morgan fingerprint density at radius 2 is 1.82 bits per heavy atom. The van der Waals surface area contributed by atoms with Crippen molar-refractivity contribution < 1.29 is 22.0 Å². The summed E-state index contributed by atoms with van der Waals surface area (Å²) in [5, 5.41) is 3.09. The summed E-state index contributed by atoms with van der Waals surface area (Å²) in [5.41, 5.74) is 1.60. The molecule has 2 aromatic heterocycles. The van der Waals surface area contributed by atoms with Crippen LogP contribution in [-0.4, -0.2) is 44.9 Å². The number of fused-ring (bicyclic) bond motifs is 1. The number of aryl methyl sites for hydroxylation is 1. The zero-order valence-corrected chi connectivity index (χ0v) is 23.2. The average Bonchev–Trinajstić information content (AvgIpc) is 3.28. The van der Waals surface area contributed by atoms with E-state index in [0.717, 1.165) is 12.2 Å². The Kier molecular flexibility index (Phi) is 8.73. The molecule has 200 valence electrons. The van der Waals surface area contributed by atoms with Gasteiger partial charge in [0.25, 0.3) is 5.91 Å². The van der Waals surface area contributed by atoms with Crippen molar-refractivity contribution in [3.63, 3.8) is 0 Å². The second kappa shape index (κ2) is 12.0. The lowest BCUT2D eigenvalue weighted by molar-refractivity contribution is 0.0964. The highest BCUT2D eigenvalue weighted by Gasteiger charge is 2.27. The fraction of sp³-hybridized carbons (Fsp3) is 0.286. The van der Waals surface area contributed by atoms with Crippen molar-refractivity contribution in [2.75, 3.05) is 29.9 Å². The maximum Gasteiger partial charge on any atom is 0.255 e. The molecule has 0 aliphatic carbocycles. The molecule has 0 aliphatic rings. The number of hydrogen-bond acceptors (Lipinski definition) is 6. The van der Waals surface area contributed by atoms with E-state index in [0.29, 0.717) is 35.2 Å². The van der Waals surface area contributed by atoms with E-state index in [1.54, 1.807) is 17.8 Å². The smallest absolute Gasteiger partial charge is 0.255 e. The van der Waals surface area contributed by atoms with Gasteiger partial charge in [0.15, 0.2) is 0 Å². The summed E-state index contributed by atoms with van der Waals surface area (Å²) >= 11 is 1.73. The van der Waals surface area contributed by atoms with Crippen LogP contribution in [0.1, 0.15) is 35.7 Å². The number of halogens is 1. The molecule has 0 atom stereocenters. The minimum atomic E-state index is -3.64. The molecular formula is C28H30FN3O4S2. The predicted octanol–water partition coefficient (Wildman–Crippen LogP) is 5.89. The first-order valence-electron chi connectivity index (χ1n) is 12.3. The van der Waals surface area contributed by atoms with Gasteiger partial charge in [-0.15, -0.1) is 11.8 Å². The molecule has 0 unspecified atom stereocenters. The molecule has 0 spiro atoms. The molecule has 0 aliphatic heterocycles. The number of pyridine rings is 1. The summed E-state index contributed by atoms with van der Waals surface area (Å²) in [6.07, 6.45) is 3.14. The number of hydrogen-bond donors (Lipinski definition) is 1. The number of carbonyl (C=O) groups is 1. The van der Waals surface area contributed by atoms with Crippen LogP contribution < -0.4 is 9.62 Å². The van der Waals surface area contributed by atoms with Crippen molar-refractivity contribution >= 4 is 44.6 Å². The number of unbranched alkanes of at least 4 members (excludes halogenated alkanes) is 1. The Morgan fingerprint density at radius 1 is 1.11 bits per heavy atom. The highest BCUT2D eigenvalue weighted by molar-refractivity contribution is 7.99. The molecule has 0 fully saturated rings. The zero-order chi connectivity index (χ0) is 27.3. The number of nitrogens with zero attached hydrogens (tertiary/aromatic N) is 2. The van der Waals surface area contributed by atoms with Crippen molar-refractivity contribution in [3.8, 4) is 11.3 Å². The van der Waals surface area contributed by atoms with E-state index < -0.39 is 15.8 Å². The maximum atomic E-state index is 13.5. The third kappa shape index (κ3) is 6.19. The van der Waals surface area contributed by atoms with E-state index >= 15 is 0 Å².